The molecule has 2 N–H and O–H groups in total. The highest BCUT2D eigenvalue weighted by molar-refractivity contribution is 6.29. The largest absolute Gasteiger partial charge is 0.480 e. The van der Waals surface area contributed by atoms with Gasteiger partial charge < -0.3 is 20.1 Å². The van der Waals surface area contributed by atoms with E-state index >= 15 is 0 Å². The number of methoxy groups -OCH3 is 2. The Morgan fingerprint density at radius 1 is 1.30 bits per heavy atom. The number of hydrogen-bond donors (Lipinski definition) is 2. The van der Waals surface area contributed by atoms with Crippen LogP contribution in [-0.2, 0) is 14.3 Å². The minimum absolute atomic E-state index is 0.0591. The number of anilines is 1. The zero-order valence-electron chi connectivity index (χ0n) is 18.3. The lowest BCUT2D eigenvalue weighted by atomic mass is 9.89. The summed E-state index contributed by atoms with van der Waals surface area (Å²) >= 11 is 6.00. The summed E-state index contributed by atoms with van der Waals surface area (Å²) in [5.74, 6) is -0.250. The van der Waals surface area contributed by atoms with E-state index < -0.39 is 23.9 Å². The van der Waals surface area contributed by atoms with Crippen molar-refractivity contribution in [2.24, 2.45) is 17.8 Å². The molecule has 2 fully saturated rings. The number of aromatic nitrogens is 4. The molecule has 2 unspecified atom stereocenters. The number of carbonyl (C=O) groups excluding carboxylic acids is 2. The SMILES string of the molecule is COCC(c1cc(Cl)nnc1OC)n1cc(NC(=O)C(NC=O)C(C2CC2)C2CC2)c(F)n1. The molecule has 33 heavy (non-hydrogen) atoms. The standard InChI is InChI=1S/C21H26ClFN6O4/c1-32-9-15(13-7-16(22)26-27-21(13)33-2)29-8-14(19(23)28-29)25-20(31)18(24-10-30)17(11-3-4-11)12-5-6-12/h7-8,10-12,15,17-18H,3-6,9H2,1-2H3,(H,24,30)(H,25,31). The molecular formula is C21H26ClFN6O4. The molecule has 2 atom stereocenters. The van der Waals surface area contributed by atoms with Gasteiger partial charge in [0.15, 0.2) is 5.15 Å². The average Bonchev–Trinajstić information content (AvgIpc) is 3.72. The van der Waals surface area contributed by atoms with Crippen LogP contribution in [0.2, 0.25) is 5.15 Å². The molecular weight excluding hydrogens is 455 g/mol. The van der Waals surface area contributed by atoms with Crippen LogP contribution in [0.15, 0.2) is 12.3 Å². The molecule has 12 heteroatoms. The molecule has 0 radical (unpaired) electrons. The molecule has 0 saturated heterocycles. The third kappa shape index (κ3) is 5.25. The highest BCUT2D eigenvalue weighted by atomic mass is 35.5. The topological polar surface area (TPSA) is 120 Å². The number of rotatable bonds is 12. The van der Waals surface area contributed by atoms with Crippen LogP contribution < -0.4 is 15.4 Å². The van der Waals surface area contributed by atoms with Gasteiger partial charge in [-0.15, -0.1) is 15.3 Å². The highest BCUT2D eigenvalue weighted by Crippen LogP contribution is 2.50. The van der Waals surface area contributed by atoms with Crippen LogP contribution in [0.3, 0.4) is 0 Å². The summed E-state index contributed by atoms with van der Waals surface area (Å²) in [6.07, 6.45) is 6.07. The van der Waals surface area contributed by atoms with Crippen LogP contribution >= 0.6 is 11.6 Å². The summed E-state index contributed by atoms with van der Waals surface area (Å²) in [5, 5.41) is 17.0. The Morgan fingerprint density at radius 3 is 2.58 bits per heavy atom. The molecule has 0 aromatic carbocycles. The van der Waals surface area contributed by atoms with E-state index in [1.807, 2.05) is 0 Å². The Balaban J connectivity index is 1.58. The monoisotopic (exact) mass is 480 g/mol. The molecule has 4 rings (SSSR count). The zero-order chi connectivity index (χ0) is 23.5. The van der Waals surface area contributed by atoms with Crippen LogP contribution in [0.4, 0.5) is 10.1 Å². The maximum atomic E-state index is 14.8. The molecule has 2 aromatic rings. The summed E-state index contributed by atoms with van der Waals surface area (Å²) in [4.78, 5) is 24.3. The van der Waals surface area contributed by atoms with Gasteiger partial charge in [-0.3, -0.25) is 14.3 Å². The van der Waals surface area contributed by atoms with Crippen molar-refractivity contribution in [3.63, 3.8) is 0 Å². The van der Waals surface area contributed by atoms with Crippen LogP contribution in [0.5, 0.6) is 5.88 Å². The van der Waals surface area contributed by atoms with Crippen LogP contribution in [0.1, 0.15) is 37.3 Å². The number of nitrogens with one attached hydrogen (secondary N) is 2. The van der Waals surface area contributed by atoms with Gasteiger partial charge in [0.25, 0.3) is 5.95 Å². The Hall–Kier alpha value is -2.79. The van der Waals surface area contributed by atoms with Gasteiger partial charge in [0.05, 0.1) is 19.9 Å². The molecule has 10 nitrogen and oxygen atoms in total. The van der Waals surface area contributed by atoms with Gasteiger partial charge in [-0.1, -0.05) is 11.6 Å². The van der Waals surface area contributed by atoms with Crippen LogP contribution in [-0.4, -0.2) is 59.2 Å². The van der Waals surface area contributed by atoms with Crippen molar-refractivity contribution < 1.29 is 23.5 Å². The lowest BCUT2D eigenvalue weighted by molar-refractivity contribution is -0.123. The van der Waals surface area contributed by atoms with Crippen molar-refractivity contribution in [3.8, 4) is 5.88 Å². The van der Waals surface area contributed by atoms with Crippen molar-refractivity contribution in [1.82, 2.24) is 25.3 Å². The molecule has 2 aliphatic rings. The first-order valence-electron chi connectivity index (χ1n) is 10.8. The maximum absolute atomic E-state index is 14.8. The Bertz CT molecular complexity index is 1000. The highest BCUT2D eigenvalue weighted by Gasteiger charge is 2.47. The summed E-state index contributed by atoms with van der Waals surface area (Å²) < 4.78 is 26.6. The van der Waals surface area contributed by atoms with Crippen LogP contribution in [0, 0.1) is 23.7 Å². The smallest absolute Gasteiger partial charge is 0.256 e. The molecule has 2 aliphatic carbocycles. The summed E-state index contributed by atoms with van der Waals surface area (Å²) in [6, 6.07) is 0.172. The number of nitrogens with zero attached hydrogens (tertiary/aromatic N) is 4. The number of halogens is 2. The molecule has 2 amide bonds. The summed E-state index contributed by atoms with van der Waals surface area (Å²) in [5.41, 5.74) is 0.388. The van der Waals surface area contributed by atoms with Crippen molar-refractivity contribution in [2.75, 3.05) is 26.1 Å². The van der Waals surface area contributed by atoms with Gasteiger partial charge in [-0.05, 0) is 49.5 Å². The molecule has 178 valence electrons. The normalized spacial score (nSPS) is 17.5. The lowest BCUT2D eigenvalue weighted by Gasteiger charge is -2.25. The van der Waals surface area contributed by atoms with E-state index in [9.17, 15) is 14.0 Å². The molecule has 2 heterocycles. The van der Waals surface area contributed by atoms with Gasteiger partial charge in [-0.2, -0.15) is 4.39 Å². The lowest BCUT2D eigenvalue weighted by Crippen LogP contribution is -2.47. The first-order valence-corrected chi connectivity index (χ1v) is 11.2. The van der Waals surface area contributed by atoms with Crippen LogP contribution in [0.25, 0.3) is 0 Å². The molecule has 0 spiro atoms. The minimum atomic E-state index is -0.865. The fraction of sp³-hybridized carbons (Fsp3) is 0.571. The second-order valence-corrected chi connectivity index (χ2v) is 8.81. The fourth-order valence-corrected chi connectivity index (χ4v) is 4.54. The predicted molar refractivity (Wildman–Crippen MR) is 116 cm³/mol. The number of hydrogen-bond acceptors (Lipinski definition) is 7. The minimum Gasteiger partial charge on any atom is -0.480 e. The second-order valence-electron chi connectivity index (χ2n) is 8.42. The van der Waals surface area contributed by atoms with E-state index in [-0.39, 0.29) is 29.2 Å². The molecule has 0 bridgehead atoms. The van der Waals surface area contributed by atoms with Gasteiger partial charge >= 0.3 is 0 Å². The van der Waals surface area contributed by atoms with E-state index in [1.54, 1.807) is 0 Å². The maximum Gasteiger partial charge on any atom is 0.256 e. The van der Waals surface area contributed by atoms with E-state index in [1.165, 1.54) is 31.2 Å². The average molecular weight is 481 g/mol. The number of ether oxygens (including phenoxy) is 2. The summed E-state index contributed by atoms with van der Waals surface area (Å²) in [6.45, 7) is 0.105. The fourth-order valence-electron chi connectivity index (χ4n) is 4.38. The Morgan fingerprint density at radius 2 is 2.00 bits per heavy atom. The van der Waals surface area contributed by atoms with Crippen molar-refractivity contribution >= 4 is 29.6 Å². The zero-order valence-corrected chi connectivity index (χ0v) is 19.1. The van der Waals surface area contributed by atoms with Gasteiger partial charge in [0.2, 0.25) is 18.2 Å². The summed E-state index contributed by atoms with van der Waals surface area (Å²) in [7, 11) is 2.92. The molecule has 2 aromatic heterocycles. The van der Waals surface area contributed by atoms with Crippen molar-refractivity contribution in [3.05, 3.63) is 28.9 Å². The van der Waals surface area contributed by atoms with Gasteiger partial charge in [0, 0.05) is 12.7 Å². The first-order chi connectivity index (χ1) is 16.0. The molecule has 0 aliphatic heterocycles. The van der Waals surface area contributed by atoms with E-state index in [2.05, 4.69) is 25.9 Å². The van der Waals surface area contributed by atoms with Crippen molar-refractivity contribution in [1.29, 1.82) is 0 Å². The quantitative estimate of drug-likeness (QED) is 0.447. The Kier molecular flexibility index (Phi) is 7.08. The van der Waals surface area contributed by atoms with E-state index in [4.69, 9.17) is 21.1 Å². The third-order valence-corrected chi connectivity index (χ3v) is 6.33. The van der Waals surface area contributed by atoms with Crippen molar-refractivity contribution in [2.45, 2.75) is 37.8 Å². The predicted octanol–water partition coefficient (Wildman–Crippen LogP) is 2.20. The Labute approximate surface area is 195 Å². The van der Waals surface area contributed by atoms with E-state index in [0.717, 1.165) is 25.7 Å². The van der Waals surface area contributed by atoms with E-state index in [0.29, 0.717) is 23.8 Å². The van der Waals surface area contributed by atoms with Gasteiger partial charge in [-0.25, -0.2) is 0 Å². The second kappa shape index (κ2) is 10.0. The van der Waals surface area contributed by atoms with Gasteiger partial charge in [0.1, 0.15) is 17.8 Å². The third-order valence-electron chi connectivity index (χ3n) is 6.15. The number of carbonyl (C=O) groups is 2. The molecule has 2 saturated carbocycles. The first kappa shape index (κ1) is 23.4. The number of amides is 2.